The highest BCUT2D eigenvalue weighted by Gasteiger charge is 2.19. The Hall–Kier alpha value is -1.82. The quantitative estimate of drug-likeness (QED) is 0.619. The van der Waals surface area contributed by atoms with Gasteiger partial charge in [0.25, 0.3) is 5.22 Å². The Bertz CT molecular complexity index is 566. The van der Waals surface area contributed by atoms with Crippen molar-refractivity contribution in [2.75, 3.05) is 7.11 Å². The molecule has 2 rings (SSSR count). The fourth-order valence-corrected chi connectivity index (χ4v) is 2.32. The van der Waals surface area contributed by atoms with Crippen LogP contribution in [-0.4, -0.2) is 28.3 Å². The predicted octanol–water partition coefficient (Wildman–Crippen LogP) is 2.75. The maximum absolute atomic E-state index is 12.2. The molecule has 0 bridgehead atoms. The molecule has 0 N–H and O–H groups in total. The molecule has 6 heteroatoms. The van der Waals surface area contributed by atoms with Crippen LogP contribution in [-0.2, 0) is 0 Å². The number of aryl methyl sites for hydroxylation is 1. The summed E-state index contributed by atoms with van der Waals surface area (Å²) in [6.07, 6.45) is 0. The van der Waals surface area contributed by atoms with E-state index in [1.165, 1.54) is 11.8 Å². The number of ketones is 1. The van der Waals surface area contributed by atoms with E-state index in [-0.39, 0.29) is 11.0 Å². The molecule has 0 unspecified atom stereocenters. The summed E-state index contributed by atoms with van der Waals surface area (Å²) in [5, 5.41) is 7.72. The lowest BCUT2D eigenvalue weighted by Gasteiger charge is -2.08. The lowest BCUT2D eigenvalue weighted by atomic mass is 10.1. The van der Waals surface area contributed by atoms with Crippen LogP contribution in [0.2, 0.25) is 0 Å². The van der Waals surface area contributed by atoms with E-state index in [0.717, 1.165) is 5.75 Å². The number of Topliss-reactive ketones (excluding diaryl/α,β-unsaturated/α-hetero) is 1. The Morgan fingerprint density at radius 2 is 2.00 bits per heavy atom. The molecule has 0 saturated heterocycles. The first-order chi connectivity index (χ1) is 9.10. The molecule has 19 heavy (non-hydrogen) atoms. The van der Waals surface area contributed by atoms with Gasteiger partial charge in [0.2, 0.25) is 5.89 Å². The number of ether oxygens (including phenoxy) is 1. The van der Waals surface area contributed by atoms with Crippen LogP contribution in [0.25, 0.3) is 0 Å². The van der Waals surface area contributed by atoms with E-state index in [0.29, 0.717) is 16.7 Å². The zero-order valence-corrected chi connectivity index (χ0v) is 11.7. The molecule has 1 atom stereocenters. The zero-order valence-electron chi connectivity index (χ0n) is 10.9. The van der Waals surface area contributed by atoms with E-state index in [9.17, 15) is 4.79 Å². The van der Waals surface area contributed by atoms with Crippen molar-refractivity contribution in [2.24, 2.45) is 0 Å². The van der Waals surface area contributed by atoms with Crippen molar-refractivity contribution < 1.29 is 13.9 Å². The number of carbonyl (C=O) groups is 1. The van der Waals surface area contributed by atoms with Gasteiger partial charge in [-0.1, -0.05) is 11.8 Å². The maximum atomic E-state index is 12.2. The molecule has 0 saturated carbocycles. The largest absolute Gasteiger partial charge is 0.497 e. The average molecular weight is 278 g/mol. The van der Waals surface area contributed by atoms with Crippen molar-refractivity contribution in [3.63, 3.8) is 0 Å². The van der Waals surface area contributed by atoms with E-state index < -0.39 is 0 Å². The zero-order chi connectivity index (χ0) is 13.8. The monoisotopic (exact) mass is 278 g/mol. The molecule has 0 fully saturated rings. The number of thioether (sulfide) groups is 1. The van der Waals surface area contributed by atoms with Crippen LogP contribution in [0, 0.1) is 6.92 Å². The number of carbonyl (C=O) groups excluding carboxylic acids is 1. The van der Waals surface area contributed by atoms with Gasteiger partial charge >= 0.3 is 0 Å². The highest BCUT2D eigenvalue weighted by atomic mass is 32.2. The van der Waals surface area contributed by atoms with E-state index in [2.05, 4.69) is 10.2 Å². The summed E-state index contributed by atoms with van der Waals surface area (Å²) in [5.74, 6) is 1.24. The predicted molar refractivity (Wildman–Crippen MR) is 71.7 cm³/mol. The highest BCUT2D eigenvalue weighted by molar-refractivity contribution is 8.00. The Kier molecular flexibility index (Phi) is 4.21. The molecule has 0 aliphatic carbocycles. The van der Waals surface area contributed by atoms with Gasteiger partial charge < -0.3 is 9.15 Å². The molecule has 0 aliphatic heterocycles. The number of aromatic nitrogens is 2. The highest BCUT2D eigenvalue weighted by Crippen LogP contribution is 2.25. The standard InChI is InChI=1S/C13H14N2O3S/c1-8(19-13-15-14-9(2)18-13)12(16)10-4-6-11(17-3)7-5-10/h4-8H,1-3H3/t8-/m1/s1. The fraction of sp³-hybridized carbons (Fsp3) is 0.308. The molecule has 0 radical (unpaired) electrons. The fourth-order valence-electron chi connectivity index (χ4n) is 1.52. The van der Waals surface area contributed by atoms with E-state index in [1.54, 1.807) is 38.3 Å². The number of hydrogen-bond acceptors (Lipinski definition) is 6. The summed E-state index contributed by atoms with van der Waals surface area (Å²) >= 11 is 1.26. The molecular weight excluding hydrogens is 264 g/mol. The Morgan fingerprint density at radius 3 is 2.53 bits per heavy atom. The molecule has 0 amide bonds. The van der Waals surface area contributed by atoms with Gasteiger partial charge in [-0.05, 0) is 31.2 Å². The van der Waals surface area contributed by atoms with E-state index >= 15 is 0 Å². The second-order valence-corrected chi connectivity index (χ2v) is 5.23. The maximum Gasteiger partial charge on any atom is 0.277 e. The molecule has 100 valence electrons. The van der Waals surface area contributed by atoms with Crippen LogP contribution in [0.5, 0.6) is 5.75 Å². The molecular formula is C13H14N2O3S. The summed E-state index contributed by atoms with van der Waals surface area (Å²) < 4.78 is 10.3. The summed E-state index contributed by atoms with van der Waals surface area (Å²) in [6, 6.07) is 7.03. The first kappa shape index (κ1) is 13.6. The topological polar surface area (TPSA) is 65.2 Å². The molecule has 2 aromatic rings. The van der Waals surface area contributed by atoms with Crippen LogP contribution in [0.1, 0.15) is 23.2 Å². The first-order valence-electron chi connectivity index (χ1n) is 5.75. The number of benzene rings is 1. The normalized spacial score (nSPS) is 12.2. The minimum absolute atomic E-state index is 0.0171. The van der Waals surface area contributed by atoms with Gasteiger partial charge in [0.05, 0.1) is 12.4 Å². The first-order valence-corrected chi connectivity index (χ1v) is 6.63. The van der Waals surface area contributed by atoms with Crippen molar-refractivity contribution in [1.29, 1.82) is 0 Å². The van der Waals surface area contributed by atoms with Crippen molar-refractivity contribution in [3.05, 3.63) is 35.7 Å². The van der Waals surface area contributed by atoms with Crippen LogP contribution in [0.3, 0.4) is 0 Å². The van der Waals surface area contributed by atoms with Gasteiger partial charge in [0.15, 0.2) is 5.78 Å². The Balaban J connectivity index is 2.05. The number of hydrogen-bond donors (Lipinski definition) is 0. The van der Waals surface area contributed by atoms with Gasteiger partial charge in [-0.2, -0.15) is 0 Å². The van der Waals surface area contributed by atoms with Gasteiger partial charge in [0.1, 0.15) is 5.75 Å². The van der Waals surface area contributed by atoms with Crippen molar-refractivity contribution >= 4 is 17.5 Å². The Morgan fingerprint density at radius 1 is 1.32 bits per heavy atom. The van der Waals surface area contributed by atoms with Crippen LogP contribution in [0.4, 0.5) is 0 Å². The second kappa shape index (κ2) is 5.88. The van der Waals surface area contributed by atoms with Crippen LogP contribution < -0.4 is 4.74 Å². The third-order valence-electron chi connectivity index (χ3n) is 2.53. The van der Waals surface area contributed by atoms with E-state index in [4.69, 9.17) is 9.15 Å². The minimum Gasteiger partial charge on any atom is -0.497 e. The lowest BCUT2D eigenvalue weighted by molar-refractivity contribution is 0.0993. The molecule has 1 aromatic heterocycles. The summed E-state index contributed by atoms with van der Waals surface area (Å²) in [4.78, 5) is 12.2. The summed E-state index contributed by atoms with van der Waals surface area (Å²) in [5.41, 5.74) is 0.636. The lowest BCUT2D eigenvalue weighted by Crippen LogP contribution is -2.13. The third-order valence-corrected chi connectivity index (χ3v) is 3.46. The third kappa shape index (κ3) is 3.35. The molecule has 0 spiro atoms. The SMILES string of the molecule is COc1ccc(C(=O)[C@@H](C)Sc2nnc(C)o2)cc1. The van der Waals surface area contributed by atoms with Gasteiger partial charge in [-0.15, -0.1) is 10.2 Å². The molecule has 1 heterocycles. The van der Waals surface area contributed by atoms with Gasteiger partial charge in [-0.3, -0.25) is 4.79 Å². The van der Waals surface area contributed by atoms with Crippen molar-refractivity contribution in [1.82, 2.24) is 10.2 Å². The van der Waals surface area contributed by atoms with Crippen molar-refractivity contribution in [3.8, 4) is 5.75 Å². The summed E-state index contributed by atoms with van der Waals surface area (Å²) in [6.45, 7) is 3.53. The van der Waals surface area contributed by atoms with Gasteiger partial charge in [0, 0.05) is 12.5 Å². The molecule has 1 aromatic carbocycles. The van der Waals surface area contributed by atoms with Gasteiger partial charge in [-0.25, -0.2) is 0 Å². The minimum atomic E-state index is -0.284. The van der Waals surface area contributed by atoms with E-state index in [1.807, 2.05) is 6.92 Å². The smallest absolute Gasteiger partial charge is 0.277 e. The summed E-state index contributed by atoms with van der Waals surface area (Å²) in [7, 11) is 1.59. The molecule has 5 nitrogen and oxygen atoms in total. The van der Waals surface area contributed by atoms with Crippen LogP contribution >= 0.6 is 11.8 Å². The second-order valence-electron chi connectivity index (χ2n) is 3.94. The van der Waals surface area contributed by atoms with Crippen molar-refractivity contribution in [2.45, 2.75) is 24.3 Å². The number of rotatable bonds is 5. The number of nitrogens with zero attached hydrogens (tertiary/aromatic N) is 2. The molecule has 0 aliphatic rings. The Labute approximate surface area is 115 Å². The average Bonchev–Trinajstić information content (AvgIpc) is 2.83. The van der Waals surface area contributed by atoms with Crippen LogP contribution in [0.15, 0.2) is 33.9 Å². The number of methoxy groups -OCH3 is 1.